The van der Waals surface area contributed by atoms with Gasteiger partial charge in [-0.25, -0.2) is 0 Å². The Morgan fingerprint density at radius 1 is 0.941 bits per heavy atom. The summed E-state index contributed by atoms with van der Waals surface area (Å²) < 4.78 is 5.29. The van der Waals surface area contributed by atoms with Gasteiger partial charge in [0.2, 0.25) is 5.91 Å². The highest BCUT2D eigenvalue weighted by Gasteiger charge is 1.97. The number of carbonyl (C=O) groups is 3. The number of hydrogen-bond donors (Lipinski definition) is 3. The number of para-hydroxylation sites is 1. The molecule has 0 unspecified atom stereocenters. The van der Waals surface area contributed by atoms with E-state index in [-0.39, 0.29) is 12.3 Å². The van der Waals surface area contributed by atoms with Crippen molar-refractivity contribution in [2.45, 2.75) is 26.2 Å². The molecule has 0 saturated heterocycles. The molecular formula is C27H32N2O5. The van der Waals surface area contributed by atoms with Crippen molar-refractivity contribution in [3.05, 3.63) is 96.1 Å². The Morgan fingerprint density at radius 3 is 2.03 bits per heavy atom. The van der Waals surface area contributed by atoms with Gasteiger partial charge in [0.15, 0.2) is 0 Å². The molecule has 0 spiro atoms. The van der Waals surface area contributed by atoms with Gasteiger partial charge in [0, 0.05) is 24.6 Å². The van der Waals surface area contributed by atoms with Gasteiger partial charge in [0.05, 0.1) is 6.61 Å². The highest BCUT2D eigenvalue weighted by Crippen LogP contribution is 2.09. The minimum absolute atomic E-state index is 0.117. The minimum atomic E-state index is -0.781. The van der Waals surface area contributed by atoms with Gasteiger partial charge in [0.25, 0.3) is 0 Å². The summed E-state index contributed by atoms with van der Waals surface area (Å²) in [4.78, 5) is 31.0. The van der Waals surface area contributed by atoms with E-state index in [4.69, 9.17) is 15.6 Å². The highest BCUT2D eigenvalue weighted by molar-refractivity contribution is 5.89. The molecule has 4 N–H and O–H groups in total. The number of carboxylic acids is 1. The highest BCUT2D eigenvalue weighted by atomic mass is 16.5. The van der Waals surface area contributed by atoms with Crippen molar-refractivity contribution in [2.75, 3.05) is 18.5 Å². The van der Waals surface area contributed by atoms with Gasteiger partial charge in [-0.2, -0.15) is 0 Å². The molecule has 0 atom stereocenters. The number of carbonyl (C=O) groups excluding carboxylic acids is 2. The lowest BCUT2D eigenvalue weighted by Crippen LogP contribution is -2.05. The van der Waals surface area contributed by atoms with Crippen LogP contribution in [0.4, 0.5) is 5.69 Å². The number of aldehydes is 1. The van der Waals surface area contributed by atoms with Crippen LogP contribution in [0.15, 0.2) is 84.9 Å². The molecule has 3 rings (SSSR count). The summed E-state index contributed by atoms with van der Waals surface area (Å²) in [6.07, 6.45) is 2.45. The molecule has 0 heterocycles. The first-order chi connectivity index (χ1) is 16.4. The number of carboxylic acid groups (broad SMARTS) is 1. The Morgan fingerprint density at radius 2 is 1.53 bits per heavy atom. The fraction of sp³-hybridized carbons (Fsp3) is 0.222. The molecule has 0 saturated carbocycles. The van der Waals surface area contributed by atoms with Crippen LogP contribution in [0, 0.1) is 0 Å². The summed E-state index contributed by atoms with van der Waals surface area (Å²) in [5.41, 5.74) is 7.98. The molecular weight excluding hydrogens is 432 g/mol. The summed E-state index contributed by atoms with van der Waals surface area (Å²) in [5.74, 6) is -0.113. The first kappa shape index (κ1) is 28.1. The van der Waals surface area contributed by atoms with Crippen LogP contribution in [-0.2, 0) is 16.0 Å². The van der Waals surface area contributed by atoms with Crippen molar-refractivity contribution in [1.82, 2.24) is 0 Å². The fourth-order valence-electron chi connectivity index (χ4n) is 2.59. The zero-order valence-corrected chi connectivity index (χ0v) is 19.4. The van der Waals surface area contributed by atoms with Gasteiger partial charge >= 0.3 is 5.97 Å². The van der Waals surface area contributed by atoms with E-state index in [1.807, 2.05) is 48.5 Å². The Hall–Kier alpha value is -3.97. The molecule has 0 fully saturated rings. The maximum absolute atomic E-state index is 10.6. The third-order valence-corrected chi connectivity index (χ3v) is 4.19. The first-order valence-corrected chi connectivity index (χ1v) is 10.9. The number of rotatable bonds is 9. The van der Waals surface area contributed by atoms with Crippen LogP contribution >= 0.6 is 0 Å². The molecule has 180 valence electrons. The second-order valence-electron chi connectivity index (χ2n) is 7.10. The number of nitrogens with one attached hydrogen (secondary N) is 1. The number of ether oxygens (including phenoxy) is 1. The van der Waals surface area contributed by atoms with Crippen molar-refractivity contribution in [1.29, 1.82) is 0 Å². The maximum Gasteiger partial charge on any atom is 0.303 e. The van der Waals surface area contributed by atoms with Crippen molar-refractivity contribution in [2.24, 2.45) is 5.73 Å². The van der Waals surface area contributed by atoms with Crippen molar-refractivity contribution >= 4 is 23.9 Å². The van der Waals surface area contributed by atoms with E-state index in [1.54, 1.807) is 24.3 Å². The van der Waals surface area contributed by atoms with E-state index in [9.17, 15) is 14.4 Å². The molecule has 0 aliphatic carbocycles. The van der Waals surface area contributed by atoms with Crippen LogP contribution in [0.2, 0.25) is 0 Å². The van der Waals surface area contributed by atoms with E-state index in [2.05, 4.69) is 17.4 Å². The zero-order valence-electron chi connectivity index (χ0n) is 19.4. The van der Waals surface area contributed by atoms with E-state index < -0.39 is 5.97 Å². The molecule has 7 heteroatoms. The Labute approximate surface area is 200 Å². The number of amides is 1. The normalized spacial score (nSPS) is 9.35. The van der Waals surface area contributed by atoms with Crippen LogP contribution in [0.5, 0.6) is 5.75 Å². The second-order valence-corrected chi connectivity index (χ2v) is 7.10. The van der Waals surface area contributed by atoms with Crippen LogP contribution in [0.1, 0.15) is 35.7 Å². The molecule has 0 aromatic heterocycles. The smallest absolute Gasteiger partial charge is 0.303 e. The maximum atomic E-state index is 10.6. The van der Waals surface area contributed by atoms with Crippen molar-refractivity contribution in [3.8, 4) is 5.75 Å². The lowest BCUT2D eigenvalue weighted by Gasteiger charge is -2.03. The Kier molecular flexibility index (Phi) is 14.5. The quantitative estimate of drug-likeness (QED) is 0.315. The second kappa shape index (κ2) is 17.6. The summed E-state index contributed by atoms with van der Waals surface area (Å²) in [7, 11) is 0. The summed E-state index contributed by atoms with van der Waals surface area (Å²) in [6, 6.07) is 26.3. The SMILES string of the molecule is CC(=O)Nc1ccc(C=O)cc1.NCCc1ccccc1.O=C(O)CCCOc1ccccc1. The standard InChI is InChI=1S/C10H12O3.C9H9NO2.C8H11N/c11-10(12)7-4-8-13-9-5-2-1-3-6-9;1-7(12)10-9-4-2-8(6-11)3-5-9;9-7-6-8-4-2-1-3-5-8/h1-3,5-6H,4,7-8H2,(H,11,12);2-6H,1H3,(H,10,12);1-5H,6-7,9H2. The number of benzene rings is 3. The van der Waals surface area contributed by atoms with Gasteiger partial charge in [-0.15, -0.1) is 0 Å². The van der Waals surface area contributed by atoms with Gasteiger partial charge < -0.3 is 20.9 Å². The van der Waals surface area contributed by atoms with Gasteiger partial charge in [0.1, 0.15) is 12.0 Å². The van der Waals surface area contributed by atoms with E-state index in [0.717, 1.165) is 25.0 Å². The number of aliphatic carboxylic acids is 1. The van der Waals surface area contributed by atoms with Crippen LogP contribution in [-0.4, -0.2) is 36.4 Å². The predicted molar refractivity (Wildman–Crippen MR) is 134 cm³/mol. The third-order valence-electron chi connectivity index (χ3n) is 4.19. The largest absolute Gasteiger partial charge is 0.494 e. The molecule has 1 amide bonds. The van der Waals surface area contributed by atoms with E-state index >= 15 is 0 Å². The minimum Gasteiger partial charge on any atom is -0.494 e. The molecule has 0 radical (unpaired) electrons. The van der Waals surface area contributed by atoms with Gasteiger partial charge in [-0.05, 0) is 61.3 Å². The lowest BCUT2D eigenvalue weighted by molar-refractivity contribution is -0.137. The first-order valence-electron chi connectivity index (χ1n) is 10.9. The topological polar surface area (TPSA) is 119 Å². The molecule has 3 aromatic rings. The Balaban J connectivity index is 0.000000259. The summed E-state index contributed by atoms with van der Waals surface area (Å²) >= 11 is 0. The fourth-order valence-corrected chi connectivity index (χ4v) is 2.59. The molecule has 7 nitrogen and oxygen atoms in total. The zero-order chi connectivity index (χ0) is 25.0. The summed E-state index contributed by atoms with van der Waals surface area (Å²) in [6.45, 7) is 2.63. The molecule has 0 aliphatic rings. The number of hydrogen-bond acceptors (Lipinski definition) is 5. The van der Waals surface area contributed by atoms with E-state index in [0.29, 0.717) is 24.3 Å². The molecule has 0 aliphatic heterocycles. The molecule has 3 aromatic carbocycles. The molecule has 0 bridgehead atoms. The average Bonchev–Trinajstić information content (AvgIpc) is 2.84. The van der Waals surface area contributed by atoms with E-state index in [1.165, 1.54) is 12.5 Å². The van der Waals surface area contributed by atoms with Crippen molar-refractivity contribution < 1.29 is 24.2 Å². The average molecular weight is 465 g/mol. The van der Waals surface area contributed by atoms with Crippen LogP contribution < -0.4 is 15.8 Å². The third kappa shape index (κ3) is 14.2. The monoisotopic (exact) mass is 464 g/mol. The van der Waals surface area contributed by atoms with Crippen LogP contribution in [0.3, 0.4) is 0 Å². The molecule has 34 heavy (non-hydrogen) atoms. The van der Waals surface area contributed by atoms with Gasteiger partial charge in [-0.1, -0.05) is 48.5 Å². The summed E-state index contributed by atoms with van der Waals surface area (Å²) in [5, 5.41) is 11.0. The van der Waals surface area contributed by atoms with Gasteiger partial charge in [-0.3, -0.25) is 14.4 Å². The predicted octanol–water partition coefficient (Wildman–Crippen LogP) is 4.58. The van der Waals surface area contributed by atoms with Crippen molar-refractivity contribution in [3.63, 3.8) is 0 Å². The van der Waals surface area contributed by atoms with Crippen LogP contribution in [0.25, 0.3) is 0 Å². The number of anilines is 1. The lowest BCUT2D eigenvalue weighted by atomic mass is 10.2. The number of nitrogens with two attached hydrogens (primary N) is 1. The Bertz CT molecular complexity index is 961.